The van der Waals surface area contributed by atoms with E-state index < -0.39 is 0 Å². The number of thiocarbonyl (C=S) groups is 1. The summed E-state index contributed by atoms with van der Waals surface area (Å²) in [5.41, 5.74) is 0. The molecule has 1 radical (unpaired) electrons. The van der Waals surface area contributed by atoms with Crippen molar-refractivity contribution in [2.75, 3.05) is 0 Å². The lowest BCUT2D eigenvalue weighted by atomic mass is 9.87. The first-order valence-corrected chi connectivity index (χ1v) is 2.54. The highest BCUT2D eigenvalue weighted by Crippen LogP contribution is 2.21. The van der Waals surface area contributed by atoms with Gasteiger partial charge in [0.1, 0.15) is 0 Å². The van der Waals surface area contributed by atoms with Crippen molar-refractivity contribution >= 4 is 17.1 Å². The van der Waals surface area contributed by atoms with Crippen LogP contribution in [0, 0.1) is 12.8 Å². The predicted molar refractivity (Wildman–Crippen MR) is 30.7 cm³/mol. The maximum Gasteiger partial charge on any atom is -0.00658 e. The molecule has 1 rings (SSSR count). The van der Waals surface area contributed by atoms with Crippen molar-refractivity contribution in [3.05, 3.63) is 6.92 Å². The molecule has 1 aliphatic carbocycles. The summed E-state index contributed by atoms with van der Waals surface area (Å²) in [4.78, 5) is 1.20. The summed E-state index contributed by atoms with van der Waals surface area (Å²) in [6, 6.07) is 0. The largest absolute Gasteiger partial charge is 0.0897 e. The first-order valence-electron chi connectivity index (χ1n) is 2.14. The Kier molecular flexibility index (Phi) is 0.922. The average Bonchev–Trinajstić information content (AvgIpc) is 1.33. The van der Waals surface area contributed by atoms with Crippen LogP contribution in [-0.2, 0) is 0 Å². The van der Waals surface area contributed by atoms with E-state index in [9.17, 15) is 0 Å². The topological polar surface area (TPSA) is 0 Å². The predicted octanol–water partition coefficient (Wildman–Crippen LogP) is 1.60. The van der Waals surface area contributed by atoms with E-state index >= 15 is 0 Å². The third-order valence-electron chi connectivity index (χ3n) is 1.03. The molecule has 0 aliphatic heterocycles. The molecule has 0 unspecified atom stereocenters. The molecule has 0 nitrogen and oxygen atoms in total. The minimum Gasteiger partial charge on any atom is -0.0897 e. The van der Waals surface area contributed by atoms with Gasteiger partial charge in [0, 0.05) is 0 Å². The van der Waals surface area contributed by atoms with E-state index in [1.165, 1.54) is 4.86 Å². The highest BCUT2D eigenvalue weighted by atomic mass is 32.1. The van der Waals surface area contributed by atoms with E-state index in [4.69, 9.17) is 12.2 Å². The van der Waals surface area contributed by atoms with Crippen molar-refractivity contribution in [1.29, 1.82) is 0 Å². The minimum atomic E-state index is 0.650. The summed E-state index contributed by atoms with van der Waals surface area (Å²) in [5.74, 6) is 0.650. The molecular weight excluding hydrogens is 92.1 g/mol. The van der Waals surface area contributed by atoms with Crippen molar-refractivity contribution in [2.24, 2.45) is 5.92 Å². The first kappa shape index (κ1) is 4.25. The van der Waals surface area contributed by atoms with E-state index in [0.717, 1.165) is 12.8 Å². The molecule has 6 heavy (non-hydrogen) atoms. The molecule has 0 N–H and O–H groups in total. The van der Waals surface area contributed by atoms with Crippen LogP contribution in [-0.4, -0.2) is 4.86 Å². The second-order valence-corrected chi connectivity index (χ2v) is 2.39. The fraction of sp³-hybridized carbons (Fsp3) is 0.600. The molecule has 0 aromatic heterocycles. The van der Waals surface area contributed by atoms with Crippen molar-refractivity contribution in [3.8, 4) is 0 Å². The van der Waals surface area contributed by atoms with Crippen LogP contribution >= 0.6 is 12.2 Å². The third kappa shape index (κ3) is 0.597. The maximum atomic E-state index is 4.82. The third-order valence-corrected chi connectivity index (χ3v) is 1.37. The zero-order chi connectivity index (χ0) is 4.57. The summed E-state index contributed by atoms with van der Waals surface area (Å²) in [6.45, 7) is 3.81. The normalized spacial score (nSPS) is 23.8. The lowest BCUT2D eigenvalue weighted by Crippen LogP contribution is -2.17. The summed E-state index contributed by atoms with van der Waals surface area (Å²) in [5, 5.41) is 0. The summed E-state index contributed by atoms with van der Waals surface area (Å²) < 4.78 is 0. The van der Waals surface area contributed by atoms with E-state index in [-0.39, 0.29) is 0 Å². The molecule has 1 aliphatic rings. The van der Waals surface area contributed by atoms with E-state index in [1.807, 2.05) is 0 Å². The van der Waals surface area contributed by atoms with Crippen LogP contribution in [0.5, 0.6) is 0 Å². The zero-order valence-corrected chi connectivity index (χ0v) is 4.42. The lowest BCUT2D eigenvalue weighted by molar-refractivity contribution is 0.631. The monoisotopic (exact) mass is 99.0 g/mol. The van der Waals surface area contributed by atoms with Crippen LogP contribution in [0.15, 0.2) is 0 Å². The summed E-state index contributed by atoms with van der Waals surface area (Å²) >= 11 is 4.82. The van der Waals surface area contributed by atoms with E-state index in [1.54, 1.807) is 0 Å². The van der Waals surface area contributed by atoms with Gasteiger partial charge in [-0.1, -0.05) is 12.2 Å². The second-order valence-electron chi connectivity index (χ2n) is 1.81. The molecule has 1 fully saturated rings. The SMILES string of the molecule is [CH2]C1CC(=S)C1. The summed E-state index contributed by atoms with van der Waals surface area (Å²) in [6.07, 6.45) is 2.19. The molecule has 0 aromatic carbocycles. The fourth-order valence-corrected chi connectivity index (χ4v) is 1.06. The van der Waals surface area contributed by atoms with Gasteiger partial charge in [-0.15, -0.1) is 0 Å². The van der Waals surface area contributed by atoms with Gasteiger partial charge in [-0.25, -0.2) is 0 Å². The zero-order valence-electron chi connectivity index (χ0n) is 3.61. The molecule has 0 atom stereocenters. The Balaban J connectivity index is 2.28. The molecule has 0 heterocycles. The van der Waals surface area contributed by atoms with Gasteiger partial charge < -0.3 is 0 Å². The Bertz CT molecular complexity index is 68.0. The molecule has 33 valence electrons. The quantitative estimate of drug-likeness (QED) is 0.416. The molecule has 0 bridgehead atoms. The average molecular weight is 99.2 g/mol. The van der Waals surface area contributed by atoms with Gasteiger partial charge in [-0.05, 0) is 30.5 Å². The smallest absolute Gasteiger partial charge is 0.00658 e. The Morgan fingerprint density at radius 1 is 1.67 bits per heavy atom. The van der Waals surface area contributed by atoms with Crippen LogP contribution in [0.4, 0.5) is 0 Å². The lowest BCUT2D eigenvalue weighted by Gasteiger charge is -2.20. The minimum absolute atomic E-state index is 0.650. The fourth-order valence-electron chi connectivity index (χ4n) is 0.584. The van der Waals surface area contributed by atoms with Crippen molar-refractivity contribution < 1.29 is 0 Å². The number of rotatable bonds is 0. The van der Waals surface area contributed by atoms with E-state index in [0.29, 0.717) is 5.92 Å². The van der Waals surface area contributed by atoms with Gasteiger partial charge in [0.05, 0.1) is 0 Å². The van der Waals surface area contributed by atoms with Gasteiger partial charge in [-0.3, -0.25) is 0 Å². The standard InChI is InChI=1S/C5H7S/c1-4-2-5(6)3-4/h4H,1-3H2. The second kappa shape index (κ2) is 1.30. The highest BCUT2D eigenvalue weighted by Gasteiger charge is 2.16. The van der Waals surface area contributed by atoms with Crippen LogP contribution in [0.2, 0.25) is 0 Å². The Hall–Kier alpha value is 0.0900. The van der Waals surface area contributed by atoms with Gasteiger partial charge in [0.2, 0.25) is 0 Å². The molecule has 1 saturated carbocycles. The molecule has 0 aromatic rings. The molecule has 0 spiro atoms. The molecule has 1 heteroatoms. The van der Waals surface area contributed by atoms with Gasteiger partial charge in [0.25, 0.3) is 0 Å². The number of hydrogen-bond acceptors (Lipinski definition) is 1. The molecule has 0 amide bonds. The van der Waals surface area contributed by atoms with Crippen LogP contribution in [0.1, 0.15) is 12.8 Å². The van der Waals surface area contributed by atoms with Gasteiger partial charge in [0.15, 0.2) is 0 Å². The summed E-state index contributed by atoms with van der Waals surface area (Å²) in [7, 11) is 0. The van der Waals surface area contributed by atoms with Crippen LogP contribution < -0.4 is 0 Å². The molecular formula is C5H7S. The first-order chi connectivity index (χ1) is 2.79. The van der Waals surface area contributed by atoms with Gasteiger partial charge in [-0.2, -0.15) is 0 Å². The Labute approximate surface area is 43.6 Å². The van der Waals surface area contributed by atoms with Crippen molar-refractivity contribution in [1.82, 2.24) is 0 Å². The van der Waals surface area contributed by atoms with Crippen molar-refractivity contribution in [2.45, 2.75) is 12.8 Å². The van der Waals surface area contributed by atoms with Crippen LogP contribution in [0.25, 0.3) is 0 Å². The Morgan fingerprint density at radius 3 is 2.17 bits per heavy atom. The maximum absolute atomic E-state index is 4.82. The number of hydrogen-bond donors (Lipinski definition) is 0. The molecule has 0 saturated heterocycles. The van der Waals surface area contributed by atoms with Crippen LogP contribution in [0.3, 0.4) is 0 Å². The van der Waals surface area contributed by atoms with E-state index in [2.05, 4.69) is 6.92 Å². The van der Waals surface area contributed by atoms with Crippen molar-refractivity contribution in [3.63, 3.8) is 0 Å². The van der Waals surface area contributed by atoms with Gasteiger partial charge >= 0.3 is 0 Å². The Morgan fingerprint density at radius 2 is 2.17 bits per heavy atom. The highest BCUT2D eigenvalue weighted by molar-refractivity contribution is 7.80.